The van der Waals surface area contributed by atoms with Gasteiger partial charge in [0.2, 0.25) is 11.7 Å². The summed E-state index contributed by atoms with van der Waals surface area (Å²) in [5.41, 5.74) is 4.66. The van der Waals surface area contributed by atoms with Gasteiger partial charge in [0.05, 0.1) is 6.20 Å². The number of hydrogen-bond acceptors (Lipinski definition) is 5. The van der Waals surface area contributed by atoms with E-state index in [4.69, 9.17) is 4.52 Å². The van der Waals surface area contributed by atoms with E-state index >= 15 is 0 Å². The number of carbonyl (C=O) groups is 1. The smallest absolute Gasteiger partial charge is 0.274 e. The van der Waals surface area contributed by atoms with E-state index in [2.05, 4.69) is 20.4 Å². The Labute approximate surface area is 149 Å². The van der Waals surface area contributed by atoms with E-state index in [0.29, 0.717) is 23.1 Å². The highest BCUT2D eigenvalue weighted by Gasteiger charge is 2.15. The fourth-order valence-electron chi connectivity index (χ4n) is 2.75. The van der Waals surface area contributed by atoms with E-state index in [1.54, 1.807) is 17.5 Å². The Hall–Kier alpha value is -3.48. The van der Waals surface area contributed by atoms with Crippen molar-refractivity contribution in [3.05, 3.63) is 65.4 Å². The van der Waals surface area contributed by atoms with E-state index in [0.717, 1.165) is 22.3 Å². The maximum atomic E-state index is 12.8. The SMILES string of the molecule is Cc1ccc2ncc(C(=O)Nc3cc(-c4noc(C)n4)ccc3C)n2c1. The molecule has 0 aliphatic heterocycles. The first-order valence-corrected chi connectivity index (χ1v) is 8.17. The van der Waals surface area contributed by atoms with Gasteiger partial charge in [-0.1, -0.05) is 23.4 Å². The van der Waals surface area contributed by atoms with Gasteiger partial charge in [-0.3, -0.25) is 9.20 Å². The van der Waals surface area contributed by atoms with Crippen LogP contribution in [0.15, 0.2) is 47.2 Å². The van der Waals surface area contributed by atoms with Crippen LogP contribution in [0.3, 0.4) is 0 Å². The summed E-state index contributed by atoms with van der Waals surface area (Å²) in [4.78, 5) is 21.3. The highest BCUT2D eigenvalue weighted by atomic mass is 16.5. The van der Waals surface area contributed by atoms with Crippen LogP contribution in [-0.4, -0.2) is 25.4 Å². The van der Waals surface area contributed by atoms with E-state index in [-0.39, 0.29) is 5.91 Å². The van der Waals surface area contributed by atoms with Crippen molar-refractivity contribution < 1.29 is 9.32 Å². The molecule has 0 fully saturated rings. The second-order valence-electron chi connectivity index (χ2n) is 6.20. The molecule has 4 rings (SSSR count). The van der Waals surface area contributed by atoms with Crippen molar-refractivity contribution in [3.8, 4) is 11.4 Å². The summed E-state index contributed by atoms with van der Waals surface area (Å²) in [5, 5.41) is 6.88. The number of nitrogens with one attached hydrogen (secondary N) is 1. The van der Waals surface area contributed by atoms with Crippen molar-refractivity contribution in [3.63, 3.8) is 0 Å². The molecule has 1 aromatic carbocycles. The number of carbonyl (C=O) groups excluding carboxylic acids is 1. The van der Waals surface area contributed by atoms with Crippen LogP contribution in [0, 0.1) is 20.8 Å². The van der Waals surface area contributed by atoms with Crippen LogP contribution in [-0.2, 0) is 0 Å². The Kier molecular flexibility index (Phi) is 3.76. The number of imidazole rings is 1. The van der Waals surface area contributed by atoms with Gasteiger partial charge in [-0.2, -0.15) is 4.98 Å². The van der Waals surface area contributed by atoms with Crippen LogP contribution in [0.1, 0.15) is 27.5 Å². The molecule has 7 nitrogen and oxygen atoms in total. The van der Waals surface area contributed by atoms with Crippen molar-refractivity contribution in [1.82, 2.24) is 19.5 Å². The molecule has 0 spiro atoms. The van der Waals surface area contributed by atoms with Crippen LogP contribution in [0.4, 0.5) is 5.69 Å². The zero-order valence-corrected chi connectivity index (χ0v) is 14.6. The lowest BCUT2D eigenvalue weighted by atomic mass is 10.1. The molecule has 0 atom stereocenters. The number of anilines is 1. The number of pyridine rings is 1. The lowest BCUT2D eigenvalue weighted by molar-refractivity contribution is 0.102. The van der Waals surface area contributed by atoms with E-state index < -0.39 is 0 Å². The molecule has 4 aromatic rings. The number of hydrogen-bond donors (Lipinski definition) is 1. The van der Waals surface area contributed by atoms with Crippen molar-refractivity contribution in [2.45, 2.75) is 20.8 Å². The molecule has 7 heteroatoms. The molecule has 3 heterocycles. The molecule has 0 radical (unpaired) electrons. The van der Waals surface area contributed by atoms with E-state index in [9.17, 15) is 4.79 Å². The minimum absolute atomic E-state index is 0.229. The number of benzene rings is 1. The van der Waals surface area contributed by atoms with Gasteiger partial charge in [0.1, 0.15) is 11.3 Å². The summed E-state index contributed by atoms with van der Waals surface area (Å²) in [5.74, 6) is 0.753. The summed E-state index contributed by atoms with van der Waals surface area (Å²) >= 11 is 0. The van der Waals surface area contributed by atoms with Crippen molar-refractivity contribution in [2.75, 3.05) is 5.32 Å². The molecule has 0 aliphatic rings. The largest absolute Gasteiger partial charge is 0.339 e. The maximum absolute atomic E-state index is 12.8. The molecule has 130 valence electrons. The fraction of sp³-hybridized carbons (Fsp3) is 0.158. The van der Waals surface area contributed by atoms with Gasteiger partial charge in [-0.15, -0.1) is 0 Å². The predicted octanol–water partition coefficient (Wildman–Crippen LogP) is 3.56. The maximum Gasteiger partial charge on any atom is 0.274 e. The van der Waals surface area contributed by atoms with Gasteiger partial charge in [-0.05, 0) is 37.1 Å². The van der Waals surface area contributed by atoms with Crippen LogP contribution in [0.25, 0.3) is 17.0 Å². The lowest BCUT2D eigenvalue weighted by Crippen LogP contribution is -2.15. The third-order valence-electron chi connectivity index (χ3n) is 4.16. The molecule has 26 heavy (non-hydrogen) atoms. The Morgan fingerprint density at radius 1 is 1.15 bits per heavy atom. The number of nitrogens with zero attached hydrogens (tertiary/aromatic N) is 4. The van der Waals surface area contributed by atoms with Crippen molar-refractivity contribution in [1.29, 1.82) is 0 Å². The molecule has 0 saturated heterocycles. The molecular weight excluding hydrogens is 330 g/mol. The van der Waals surface area contributed by atoms with Gasteiger partial charge in [-0.25, -0.2) is 4.98 Å². The number of rotatable bonds is 3. The number of aromatic nitrogens is 4. The average Bonchev–Trinajstić information content (AvgIpc) is 3.22. The Balaban J connectivity index is 1.67. The summed E-state index contributed by atoms with van der Waals surface area (Å²) in [6, 6.07) is 9.50. The first kappa shape index (κ1) is 16.0. The molecule has 1 amide bonds. The Morgan fingerprint density at radius 2 is 2.00 bits per heavy atom. The van der Waals surface area contributed by atoms with Crippen molar-refractivity contribution in [2.24, 2.45) is 0 Å². The van der Waals surface area contributed by atoms with Gasteiger partial charge >= 0.3 is 0 Å². The topological polar surface area (TPSA) is 85.3 Å². The van der Waals surface area contributed by atoms with Gasteiger partial charge in [0.25, 0.3) is 5.91 Å². The van der Waals surface area contributed by atoms with Gasteiger partial charge in [0, 0.05) is 24.4 Å². The summed E-state index contributed by atoms with van der Waals surface area (Å²) < 4.78 is 6.81. The van der Waals surface area contributed by atoms with Gasteiger partial charge < -0.3 is 9.84 Å². The monoisotopic (exact) mass is 347 g/mol. The normalized spacial score (nSPS) is 11.0. The molecule has 0 bridgehead atoms. The summed E-state index contributed by atoms with van der Waals surface area (Å²) in [6.07, 6.45) is 3.47. The molecular formula is C19H17N5O2. The quantitative estimate of drug-likeness (QED) is 0.612. The summed E-state index contributed by atoms with van der Waals surface area (Å²) in [7, 11) is 0. The second kappa shape index (κ2) is 6.11. The van der Waals surface area contributed by atoms with Crippen LogP contribution < -0.4 is 5.32 Å². The minimum atomic E-state index is -0.229. The second-order valence-corrected chi connectivity index (χ2v) is 6.20. The van der Waals surface area contributed by atoms with Gasteiger partial charge in [0.15, 0.2) is 0 Å². The standard InChI is InChI=1S/C19H17N5O2/c1-11-4-7-17-20-9-16(24(17)10-11)19(25)22-15-8-14(6-5-12(15)2)18-21-13(3)26-23-18/h4-10H,1-3H3,(H,22,25). The third kappa shape index (κ3) is 2.83. The number of fused-ring (bicyclic) bond motifs is 1. The van der Waals surface area contributed by atoms with Crippen LogP contribution in [0.5, 0.6) is 0 Å². The van der Waals surface area contributed by atoms with Crippen LogP contribution in [0.2, 0.25) is 0 Å². The third-order valence-corrected chi connectivity index (χ3v) is 4.16. The van der Waals surface area contributed by atoms with Crippen LogP contribution >= 0.6 is 0 Å². The molecule has 0 unspecified atom stereocenters. The van der Waals surface area contributed by atoms with Crippen molar-refractivity contribution >= 4 is 17.2 Å². The number of aryl methyl sites for hydroxylation is 3. The predicted molar refractivity (Wildman–Crippen MR) is 97.1 cm³/mol. The lowest BCUT2D eigenvalue weighted by Gasteiger charge is -2.09. The van der Waals surface area contributed by atoms with E-state index in [1.807, 2.05) is 50.4 Å². The minimum Gasteiger partial charge on any atom is -0.339 e. The highest BCUT2D eigenvalue weighted by Crippen LogP contribution is 2.24. The molecule has 1 N–H and O–H groups in total. The Morgan fingerprint density at radius 3 is 2.77 bits per heavy atom. The Bertz CT molecular complexity index is 1130. The summed E-state index contributed by atoms with van der Waals surface area (Å²) in [6.45, 7) is 5.64. The molecule has 0 saturated carbocycles. The highest BCUT2D eigenvalue weighted by molar-refractivity contribution is 6.04. The first-order valence-electron chi connectivity index (χ1n) is 8.17. The molecule has 3 aromatic heterocycles. The zero-order valence-electron chi connectivity index (χ0n) is 14.6. The fourth-order valence-corrected chi connectivity index (χ4v) is 2.75. The first-order chi connectivity index (χ1) is 12.5. The zero-order chi connectivity index (χ0) is 18.3. The van der Waals surface area contributed by atoms with E-state index in [1.165, 1.54) is 0 Å². The average molecular weight is 347 g/mol. The molecule has 0 aliphatic carbocycles. The number of amides is 1.